The van der Waals surface area contributed by atoms with Gasteiger partial charge in [-0.2, -0.15) is 10.4 Å². The number of aldehydes is 1. The molecule has 0 aliphatic rings. The van der Waals surface area contributed by atoms with Gasteiger partial charge in [0.15, 0.2) is 6.29 Å². The molecule has 1 heterocycles. The maximum atomic E-state index is 10.8. The van der Waals surface area contributed by atoms with Crippen LogP contribution >= 0.6 is 0 Å². The maximum Gasteiger partial charge on any atom is 0.152 e. The summed E-state index contributed by atoms with van der Waals surface area (Å²) in [5.41, 5.74) is 1.69. The van der Waals surface area contributed by atoms with Crippen molar-refractivity contribution in [3.63, 3.8) is 0 Å². The van der Waals surface area contributed by atoms with E-state index in [2.05, 4.69) is 5.10 Å². The number of aromatic nitrogens is 2. The first-order valence-electron chi connectivity index (χ1n) is 4.34. The zero-order chi connectivity index (χ0) is 10.7. The van der Waals surface area contributed by atoms with Crippen LogP contribution in [0.1, 0.15) is 15.9 Å². The van der Waals surface area contributed by atoms with Crippen LogP contribution in [0.2, 0.25) is 0 Å². The molecule has 0 aliphatic heterocycles. The van der Waals surface area contributed by atoms with Gasteiger partial charge in [0.1, 0.15) is 6.07 Å². The van der Waals surface area contributed by atoms with E-state index in [1.54, 1.807) is 24.4 Å². The minimum Gasteiger partial charge on any atom is -0.298 e. The van der Waals surface area contributed by atoms with E-state index in [-0.39, 0.29) is 0 Å². The fourth-order valence-electron chi connectivity index (χ4n) is 1.31. The summed E-state index contributed by atoms with van der Waals surface area (Å²) in [6.07, 6.45) is 3.81. The monoisotopic (exact) mass is 197 g/mol. The van der Waals surface area contributed by atoms with Crippen molar-refractivity contribution in [3.05, 3.63) is 47.8 Å². The number of carbonyl (C=O) groups excluding carboxylic acids is 1. The summed E-state index contributed by atoms with van der Waals surface area (Å²) in [5.74, 6) is 0. The second-order valence-corrected chi connectivity index (χ2v) is 2.96. The van der Waals surface area contributed by atoms with Crippen molar-refractivity contribution >= 4 is 6.29 Å². The zero-order valence-electron chi connectivity index (χ0n) is 7.79. The van der Waals surface area contributed by atoms with Gasteiger partial charge in [-0.15, -0.1) is 0 Å². The van der Waals surface area contributed by atoms with E-state index in [9.17, 15) is 4.79 Å². The van der Waals surface area contributed by atoms with Gasteiger partial charge in [-0.1, -0.05) is 12.1 Å². The van der Waals surface area contributed by atoms with Crippen LogP contribution < -0.4 is 0 Å². The topological polar surface area (TPSA) is 58.7 Å². The van der Waals surface area contributed by atoms with Crippen LogP contribution in [0.25, 0.3) is 5.69 Å². The van der Waals surface area contributed by atoms with E-state index in [1.165, 1.54) is 10.9 Å². The summed E-state index contributed by atoms with van der Waals surface area (Å²) in [6.45, 7) is 0. The third kappa shape index (κ3) is 1.63. The van der Waals surface area contributed by atoms with Gasteiger partial charge in [-0.05, 0) is 12.1 Å². The average Bonchev–Trinajstić information content (AvgIpc) is 2.77. The SMILES string of the molecule is N#Cc1cnn(-c2ccccc2C=O)c1. The van der Waals surface area contributed by atoms with Gasteiger partial charge in [0.05, 0.1) is 17.4 Å². The van der Waals surface area contributed by atoms with Crippen LogP contribution in [0.15, 0.2) is 36.7 Å². The van der Waals surface area contributed by atoms with Gasteiger partial charge in [0.25, 0.3) is 0 Å². The Labute approximate surface area is 86.4 Å². The lowest BCUT2D eigenvalue weighted by Crippen LogP contribution is -1.98. The molecule has 0 saturated heterocycles. The molecule has 1 aromatic carbocycles. The van der Waals surface area contributed by atoms with E-state index in [0.29, 0.717) is 16.8 Å². The fourth-order valence-corrected chi connectivity index (χ4v) is 1.31. The Morgan fingerprint density at radius 2 is 2.20 bits per heavy atom. The molecular formula is C11H7N3O. The molecule has 0 saturated carbocycles. The molecule has 72 valence electrons. The third-order valence-corrected chi connectivity index (χ3v) is 2.02. The number of para-hydroxylation sites is 1. The van der Waals surface area contributed by atoms with Gasteiger partial charge in [-0.3, -0.25) is 4.79 Å². The van der Waals surface area contributed by atoms with Gasteiger partial charge in [0, 0.05) is 11.8 Å². The summed E-state index contributed by atoms with van der Waals surface area (Å²) in [4.78, 5) is 10.8. The fraction of sp³-hybridized carbons (Fsp3) is 0. The Bertz CT molecular complexity index is 537. The van der Waals surface area contributed by atoms with Gasteiger partial charge in [0.2, 0.25) is 0 Å². The first-order valence-corrected chi connectivity index (χ1v) is 4.34. The Morgan fingerprint density at radius 1 is 1.40 bits per heavy atom. The van der Waals surface area contributed by atoms with E-state index in [1.807, 2.05) is 12.1 Å². The van der Waals surface area contributed by atoms with Crippen LogP contribution in [-0.4, -0.2) is 16.1 Å². The predicted octanol–water partition coefficient (Wildman–Crippen LogP) is 1.56. The molecule has 0 spiro atoms. The summed E-state index contributed by atoms with van der Waals surface area (Å²) in [5, 5.41) is 12.7. The van der Waals surface area contributed by atoms with E-state index in [4.69, 9.17) is 5.26 Å². The maximum absolute atomic E-state index is 10.8. The highest BCUT2D eigenvalue weighted by molar-refractivity contribution is 5.80. The molecule has 2 rings (SSSR count). The smallest absolute Gasteiger partial charge is 0.152 e. The molecule has 0 radical (unpaired) electrons. The van der Waals surface area contributed by atoms with Crippen LogP contribution in [0.5, 0.6) is 0 Å². The van der Waals surface area contributed by atoms with Crippen LogP contribution in [0, 0.1) is 11.3 Å². The summed E-state index contributed by atoms with van der Waals surface area (Å²) in [7, 11) is 0. The van der Waals surface area contributed by atoms with Crippen LogP contribution in [0.4, 0.5) is 0 Å². The lowest BCUT2D eigenvalue weighted by atomic mass is 10.2. The lowest BCUT2D eigenvalue weighted by Gasteiger charge is -2.02. The molecule has 2 aromatic rings. The average molecular weight is 197 g/mol. The van der Waals surface area contributed by atoms with E-state index >= 15 is 0 Å². The van der Waals surface area contributed by atoms with Crippen molar-refractivity contribution in [3.8, 4) is 11.8 Å². The van der Waals surface area contributed by atoms with Crippen molar-refractivity contribution in [2.45, 2.75) is 0 Å². The molecule has 0 aliphatic carbocycles. The number of carbonyl (C=O) groups is 1. The highest BCUT2D eigenvalue weighted by atomic mass is 16.1. The van der Waals surface area contributed by atoms with Crippen molar-refractivity contribution < 1.29 is 4.79 Å². The lowest BCUT2D eigenvalue weighted by molar-refractivity contribution is 0.112. The number of nitrogens with zero attached hydrogens (tertiary/aromatic N) is 3. The number of rotatable bonds is 2. The highest BCUT2D eigenvalue weighted by Crippen LogP contribution is 2.12. The second kappa shape index (κ2) is 3.76. The first kappa shape index (κ1) is 9.16. The van der Waals surface area contributed by atoms with Crippen molar-refractivity contribution in [2.24, 2.45) is 0 Å². The predicted molar refractivity (Wildman–Crippen MR) is 53.7 cm³/mol. The van der Waals surface area contributed by atoms with Gasteiger partial charge < -0.3 is 0 Å². The molecule has 4 heteroatoms. The molecule has 15 heavy (non-hydrogen) atoms. The highest BCUT2D eigenvalue weighted by Gasteiger charge is 2.04. The Balaban J connectivity index is 2.54. The normalized spacial score (nSPS) is 9.53. The number of nitriles is 1. The van der Waals surface area contributed by atoms with E-state index < -0.39 is 0 Å². The number of hydrogen-bond acceptors (Lipinski definition) is 3. The van der Waals surface area contributed by atoms with Crippen LogP contribution in [0.3, 0.4) is 0 Å². The Hall–Kier alpha value is -2.41. The minimum absolute atomic E-state index is 0.468. The number of benzene rings is 1. The molecule has 0 fully saturated rings. The summed E-state index contributed by atoms with van der Waals surface area (Å²) >= 11 is 0. The van der Waals surface area contributed by atoms with Gasteiger partial charge >= 0.3 is 0 Å². The molecule has 1 aromatic heterocycles. The summed E-state index contributed by atoms with van der Waals surface area (Å²) < 4.78 is 1.52. The minimum atomic E-state index is 0.468. The van der Waals surface area contributed by atoms with Crippen molar-refractivity contribution in [2.75, 3.05) is 0 Å². The molecule has 0 atom stereocenters. The molecule has 0 unspecified atom stereocenters. The largest absolute Gasteiger partial charge is 0.298 e. The zero-order valence-corrected chi connectivity index (χ0v) is 7.79. The van der Waals surface area contributed by atoms with Crippen molar-refractivity contribution in [1.82, 2.24) is 9.78 Å². The quantitative estimate of drug-likeness (QED) is 0.686. The second-order valence-electron chi connectivity index (χ2n) is 2.96. The Morgan fingerprint density at radius 3 is 2.87 bits per heavy atom. The standard InChI is InChI=1S/C11H7N3O/c12-5-9-6-13-14(7-9)11-4-2-1-3-10(11)8-15/h1-4,6-8H. The molecule has 0 bridgehead atoms. The van der Waals surface area contributed by atoms with Gasteiger partial charge in [-0.25, -0.2) is 4.68 Å². The molecule has 0 amide bonds. The third-order valence-electron chi connectivity index (χ3n) is 2.02. The number of hydrogen-bond donors (Lipinski definition) is 0. The van der Waals surface area contributed by atoms with Crippen LogP contribution in [-0.2, 0) is 0 Å². The molecular weight excluding hydrogens is 190 g/mol. The molecule has 4 nitrogen and oxygen atoms in total. The first-order chi connectivity index (χ1) is 7.35. The molecule has 0 N–H and O–H groups in total. The van der Waals surface area contributed by atoms with Crippen molar-refractivity contribution in [1.29, 1.82) is 5.26 Å². The summed E-state index contributed by atoms with van der Waals surface area (Å²) in [6, 6.07) is 9.06. The van der Waals surface area contributed by atoms with E-state index in [0.717, 1.165) is 6.29 Å². The Kier molecular flexibility index (Phi) is 2.30.